The van der Waals surface area contributed by atoms with Crippen molar-refractivity contribution in [3.8, 4) is 0 Å². The molecule has 1 atom stereocenters. The molecule has 1 unspecified atom stereocenters. The highest BCUT2D eigenvalue weighted by Gasteiger charge is 2.19. The molecule has 1 aromatic heterocycles. The maximum atomic E-state index is 9.69. The van der Waals surface area contributed by atoms with Crippen LogP contribution >= 0.6 is 0 Å². The lowest BCUT2D eigenvalue weighted by atomic mass is 9.93. The Labute approximate surface area is 77.9 Å². The van der Waals surface area contributed by atoms with E-state index in [1.165, 1.54) is 5.56 Å². The highest BCUT2D eigenvalue weighted by Crippen LogP contribution is 2.29. The van der Waals surface area contributed by atoms with Crippen molar-refractivity contribution in [3.05, 3.63) is 23.5 Å². The normalized spacial score (nSPS) is 21.5. The van der Waals surface area contributed by atoms with Crippen LogP contribution in [0.25, 0.3) is 0 Å². The summed E-state index contributed by atoms with van der Waals surface area (Å²) in [5, 5.41) is 9.69. The Balaban J connectivity index is 2.25. The van der Waals surface area contributed by atoms with Gasteiger partial charge in [-0.3, -0.25) is 0 Å². The summed E-state index contributed by atoms with van der Waals surface area (Å²) >= 11 is 0. The third kappa shape index (κ3) is 1.62. The minimum absolute atomic E-state index is 0.262. The van der Waals surface area contributed by atoms with Gasteiger partial charge >= 0.3 is 0 Å². The van der Waals surface area contributed by atoms with Crippen molar-refractivity contribution >= 4 is 0 Å². The van der Waals surface area contributed by atoms with E-state index in [2.05, 4.69) is 6.20 Å². The molecular weight excluding hydrogens is 166 g/mol. The van der Waals surface area contributed by atoms with E-state index < -0.39 is 0 Å². The first-order valence-corrected chi connectivity index (χ1v) is 4.67. The van der Waals surface area contributed by atoms with E-state index in [9.17, 15) is 5.11 Å². The van der Waals surface area contributed by atoms with Crippen LogP contribution in [-0.4, -0.2) is 16.8 Å². The van der Waals surface area contributed by atoms with Gasteiger partial charge in [0.25, 0.3) is 0 Å². The first-order chi connectivity index (χ1) is 6.31. The molecule has 0 amide bonds. The topological polar surface area (TPSA) is 34.4 Å². The minimum Gasteiger partial charge on any atom is -0.388 e. The summed E-state index contributed by atoms with van der Waals surface area (Å²) in [6.45, 7) is 0.569. The van der Waals surface area contributed by atoms with Crippen LogP contribution in [0.1, 0.15) is 30.1 Å². The molecule has 0 bridgehead atoms. The molecular formula is C10H15NO2. The molecule has 1 N–H and O–H groups in total. The van der Waals surface area contributed by atoms with Gasteiger partial charge in [0, 0.05) is 25.1 Å². The van der Waals surface area contributed by atoms with E-state index in [0.717, 1.165) is 24.8 Å². The van der Waals surface area contributed by atoms with Crippen molar-refractivity contribution in [3.63, 3.8) is 0 Å². The first kappa shape index (κ1) is 8.78. The predicted molar refractivity (Wildman–Crippen MR) is 49.3 cm³/mol. The average molecular weight is 181 g/mol. The van der Waals surface area contributed by atoms with Gasteiger partial charge in [0.2, 0.25) is 0 Å². The third-order valence-corrected chi connectivity index (χ3v) is 2.56. The molecule has 0 fully saturated rings. The number of methoxy groups -OCH3 is 1. The predicted octanol–water partition coefficient (Wildman–Crippen LogP) is 1.46. The van der Waals surface area contributed by atoms with Crippen molar-refractivity contribution in [1.82, 2.24) is 4.57 Å². The van der Waals surface area contributed by atoms with Crippen LogP contribution in [0, 0.1) is 0 Å². The highest BCUT2D eigenvalue weighted by molar-refractivity contribution is 5.28. The number of ether oxygens (including phenoxy) is 1. The van der Waals surface area contributed by atoms with Crippen molar-refractivity contribution < 1.29 is 9.84 Å². The zero-order valence-electron chi connectivity index (χ0n) is 7.86. The van der Waals surface area contributed by atoms with Crippen LogP contribution in [0.2, 0.25) is 0 Å². The lowest BCUT2D eigenvalue weighted by Crippen LogP contribution is -2.05. The summed E-state index contributed by atoms with van der Waals surface area (Å²) < 4.78 is 7.01. The lowest BCUT2D eigenvalue weighted by molar-refractivity contribution is 0.130. The van der Waals surface area contributed by atoms with E-state index in [1.807, 2.05) is 10.8 Å². The van der Waals surface area contributed by atoms with E-state index in [0.29, 0.717) is 6.73 Å². The van der Waals surface area contributed by atoms with Gasteiger partial charge < -0.3 is 14.4 Å². The Kier molecular flexibility index (Phi) is 2.38. The van der Waals surface area contributed by atoms with Crippen molar-refractivity contribution in [2.24, 2.45) is 0 Å². The zero-order valence-corrected chi connectivity index (χ0v) is 7.86. The van der Waals surface area contributed by atoms with Crippen LogP contribution in [0.4, 0.5) is 0 Å². The Morgan fingerprint density at radius 3 is 3.15 bits per heavy atom. The third-order valence-electron chi connectivity index (χ3n) is 2.56. The first-order valence-electron chi connectivity index (χ1n) is 4.67. The number of aromatic nitrogens is 1. The highest BCUT2D eigenvalue weighted by atomic mass is 16.5. The molecule has 3 heteroatoms. The van der Waals surface area contributed by atoms with Crippen LogP contribution in [0.15, 0.2) is 12.4 Å². The van der Waals surface area contributed by atoms with Gasteiger partial charge in [0.05, 0.1) is 6.10 Å². The van der Waals surface area contributed by atoms with Crippen molar-refractivity contribution in [2.75, 3.05) is 7.11 Å². The molecule has 0 saturated heterocycles. The number of aliphatic hydroxyl groups excluding tert-OH is 1. The van der Waals surface area contributed by atoms with Crippen LogP contribution < -0.4 is 0 Å². The lowest BCUT2D eigenvalue weighted by Gasteiger charge is -2.16. The van der Waals surface area contributed by atoms with Gasteiger partial charge in [-0.25, -0.2) is 0 Å². The van der Waals surface area contributed by atoms with Gasteiger partial charge in [0.1, 0.15) is 6.73 Å². The summed E-state index contributed by atoms with van der Waals surface area (Å²) in [4.78, 5) is 0. The second-order valence-electron chi connectivity index (χ2n) is 3.58. The fourth-order valence-corrected chi connectivity index (χ4v) is 1.95. The quantitative estimate of drug-likeness (QED) is 0.749. The summed E-state index contributed by atoms with van der Waals surface area (Å²) in [6, 6.07) is 0. The van der Waals surface area contributed by atoms with Crippen molar-refractivity contribution in [1.29, 1.82) is 0 Å². The Hall–Kier alpha value is -0.800. The van der Waals surface area contributed by atoms with E-state index in [-0.39, 0.29) is 6.10 Å². The van der Waals surface area contributed by atoms with Gasteiger partial charge in [-0.2, -0.15) is 0 Å². The molecule has 3 nitrogen and oxygen atoms in total. The number of hydrogen-bond acceptors (Lipinski definition) is 2. The molecule has 1 aromatic rings. The molecule has 1 heterocycles. The van der Waals surface area contributed by atoms with Crippen molar-refractivity contribution in [2.45, 2.75) is 32.1 Å². The van der Waals surface area contributed by atoms with Gasteiger partial charge in [-0.15, -0.1) is 0 Å². The van der Waals surface area contributed by atoms with Crippen LogP contribution in [-0.2, 0) is 17.9 Å². The Morgan fingerprint density at radius 1 is 1.62 bits per heavy atom. The molecule has 0 spiro atoms. The average Bonchev–Trinajstić information content (AvgIpc) is 2.49. The van der Waals surface area contributed by atoms with E-state index in [1.54, 1.807) is 7.11 Å². The smallest absolute Gasteiger partial charge is 0.121 e. The maximum Gasteiger partial charge on any atom is 0.121 e. The number of aryl methyl sites for hydroxylation is 1. The molecule has 1 aliphatic carbocycles. The standard InChI is InChI=1S/C10H15NO2/c1-13-7-11-5-8-3-2-4-10(12)9(8)6-11/h5-6,10,12H,2-4,7H2,1H3. The second-order valence-corrected chi connectivity index (χ2v) is 3.58. The number of nitrogens with zero attached hydrogens (tertiary/aromatic N) is 1. The largest absolute Gasteiger partial charge is 0.388 e. The van der Waals surface area contributed by atoms with Crippen LogP contribution in [0.5, 0.6) is 0 Å². The van der Waals surface area contributed by atoms with E-state index >= 15 is 0 Å². The molecule has 0 aliphatic heterocycles. The monoisotopic (exact) mass is 181 g/mol. The summed E-state index contributed by atoms with van der Waals surface area (Å²) in [5.74, 6) is 0. The molecule has 2 rings (SSSR count). The Morgan fingerprint density at radius 2 is 2.46 bits per heavy atom. The molecule has 13 heavy (non-hydrogen) atoms. The Bertz CT molecular complexity index is 293. The molecule has 0 aromatic carbocycles. The fraction of sp³-hybridized carbons (Fsp3) is 0.600. The summed E-state index contributed by atoms with van der Waals surface area (Å²) in [5.41, 5.74) is 2.36. The molecule has 0 radical (unpaired) electrons. The maximum absolute atomic E-state index is 9.69. The van der Waals surface area contributed by atoms with Gasteiger partial charge in [0.15, 0.2) is 0 Å². The zero-order chi connectivity index (χ0) is 9.26. The number of fused-ring (bicyclic) bond motifs is 1. The fourth-order valence-electron chi connectivity index (χ4n) is 1.95. The van der Waals surface area contributed by atoms with Gasteiger partial charge in [-0.1, -0.05) is 0 Å². The summed E-state index contributed by atoms with van der Waals surface area (Å²) in [6.07, 6.45) is 6.86. The van der Waals surface area contributed by atoms with E-state index in [4.69, 9.17) is 4.74 Å². The molecule has 72 valence electrons. The molecule has 0 saturated carbocycles. The number of rotatable bonds is 2. The second kappa shape index (κ2) is 3.52. The number of hydrogen-bond donors (Lipinski definition) is 1. The van der Waals surface area contributed by atoms with Crippen LogP contribution in [0.3, 0.4) is 0 Å². The summed E-state index contributed by atoms with van der Waals surface area (Å²) in [7, 11) is 1.68. The number of aliphatic hydroxyl groups is 1. The molecule has 1 aliphatic rings. The van der Waals surface area contributed by atoms with Gasteiger partial charge in [-0.05, 0) is 24.8 Å². The SMILES string of the molecule is COCn1cc2c(c1)C(O)CCC2. The minimum atomic E-state index is -0.262.